The van der Waals surface area contributed by atoms with Crippen LogP contribution >= 0.6 is 11.6 Å². The van der Waals surface area contributed by atoms with E-state index < -0.39 is 0 Å². The van der Waals surface area contributed by atoms with Gasteiger partial charge in [0.2, 0.25) is 0 Å². The Balaban J connectivity index is 3.04. The Hall–Kier alpha value is -0.760. The molecule has 0 spiro atoms. The lowest BCUT2D eigenvalue weighted by Crippen LogP contribution is -2.31. The maximum Gasteiger partial charge on any atom is 0.0509 e. The minimum absolute atomic E-state index is 0.521. The van der Waals surface area contributed by atoms with E-state index in [1.807, 2.05) is 13.1 Å². The first-order valence-corrected chi connectivity index (χ1v) is 6.41. The van der Waals surface area contributed by atoms with Crippen molar-refractivity contribution in [1.29, 1.82) is 0 Å². The van der Waals surface area contributed by atoms with Crippen LogP contribution in [0.25, 0.3) is 0 Å². The molecule has 0 aliphatic heterocycles. The normalized spacial score (nSPS) is 10.9. The summed E-state index contributed by atoms with van der Waals surface area (Å²) in [5.41, 5.74) is 3.37. The monoisotopic (exact) mass is 240 g/mol. The van der Waals surface area contributed by atoms with Gasteiger partial charge in [-0.05, 0) is 25.8 Å². The summed E-state index contributed by atoms with van der Waals surface area (Å²) < 4.78 is 0. The summed E-state index contributed by atoms with van der Waals surface area (Å²) in [6.45, 7) is 6.46. The van der Waals surface area contributed by atoms with E-state index in [2.05, 4.69) is 36.8 Å². The Kier molecular flexibility index (Phi) is 5.07. The minimum Gasteiger partial charge on any atom is -0.371 e. The molecule has 90 valence electrons. The van der Waals surface area contributed by atoms with Crippen LogP contribution < -0.4 is 4.90 Å². The van der Waals surface area contributed by atoms with Crippen molar-refractivity contribution in [2.75, 3.05) is 11.9 Å². The molecule has 0 amide bonds. The molecule has 0 atom stereocenters. The van der Waals surface area contributed by atoms with Gasteiger partial charge in [0.15, 0.2) is 0 Å². The van der Waals surface area contributed by atoms with Crippen molar-refractivity contribution in [3.8, 4) is 0 Å². The van der Waals surface area contributed by atoms with E-state index in [1.165, 1.54) is 5.69 Å². The Morgan fingerprint density at radius 3 is 2.50 bits per heavy atom. The molecule has 1 aromatic heterocycles. The van der Waals surface area contributed by atoms with Crippen LogP contribution in [0, 0.1) is 6.92 Å². The van der Waals surface area contributed by atoms with Gasteiger partial charge in [-0.15, -0.1) is 11.6 Å². The number of anilines is 1. The first-order valence-electron chi connectivity index (χ1n) is 5.88. The van der Waals surface area contributed by atoms with Crippen LogP contribution in [0.3, 0.4) is 0 Å². The molecular formula is C13H21ClN2. The highest BCUT2D eigenvalue weighted by Crippen LogP contribution is 2.24. The fourth-order valence-electron chi connectivity index (χ4n) is 2.04. The van der Waals surface area contributed by atoms with Crippen LogP contribution in [0.15, 0.2) is 12.3 Å². The molecule has 1 aromatic rings. The molecule has 0 aliphatic rings. The number of alkyl halides is 1. The number of pyridine rings is 1. The Morgan fingerprint density at radius 2 is 2.00 bits per heavy atom. The number of aromatic nitrogens is 1. The smallest absolute Gasteiger partial charge is 0.0509 e. The van der Waals surface area contributed by atoms with Gasteiger partial charge in [0.05, 0.1) is 5.88 Å². The molecule has 0 radical (unpaired) electrons. The molecular weight excluding hydrogens is 220 g/mol. The van der Waals surface area contributed by atoms with Gasteiger partial charge in [0.1, 0.15) is 0 Å². The van der Waals surface area contributed by atoms with Gasteiger partial charge in [0, 0.05) is 36.2 Å². The third-order valence-electron chi connectivity index (χ3n) is 3.11. The second kappa shape index (κ2) is 6.09. The molecule has 0 aliphatic carbocycles. The summed E-state index contributed by atoms with van der Waals surface area (Å²) in [6, 6.07) is 2.69. The molecule has 0 unspecified atom stereocenters. The van der Waals surface area contributed by atoms with Crippen molar-refractivity contribution in [3.63, 3.8) is 0 Å². The Labute approximate surface area is 104 Å². The van der Waals surface area contributed by atoms with E-state index in [9.17, 15) is 0 Å². The van der Waals surface area contributed by atoms with Crippen LogP contribution in [0.4, 0.5) is 5.69 Å². The van der Waals surface area contributed by atoms with Gasteiger partial charge in [-0.3, -0.25) is 4.98 Å². The van der Waals surface area contributed by atoms with Gasteiger partial charge < -0.3 is 4.90 Å². The van der Waals surface area contributed by atoms with Crippen molar-refractivity contribution in [3.05, 3.63) is 23.5 Å². The summed E-state index contributed by atoms with van der Waals surface area (Å²) in [7, 11) is 2.14. The predicted octanol–water partition coefficient (Wildman–Crippen LogP) is 3.75. The van der Waals surface area contributed by atoms with Crippen molar-refractivity contribution in [2.24, 2.45) is 0 Å². The van der Waals surface area contributed by atoms with Gasteiger partial charge in [-0.1, -0.05) is 13.8 Å². The Bertz CT molecular complexity index is 335. The number of hydrogen-bond acceptors (Lipinski definition) is 2. The predicted molar refractivity (Wildman–Crippen MR) is 71.3 cm³/mol. The maximum atomic E-state index is 5.95. The molecule has 0 saturated carbocycles. The van der Waals surface area contributed by atoms with Crippen LogP contribution in [0.5, 0.6) is 0 Å². The van der Waals surface area contributed by atoms with E-state index in [0.29, 0.717) is 11.9 Å². The molecule has 0 fully saturated rings. The van der Waals surface area contributed by atoms with Gasteiger partial charge >= 0.3 is 0 Å². The lowest BCUT2D eigenvalue weighted by atomic mass is 10.1. The molecule has 0 aromatic carbocycles. The summed E-state index contributed by atoms with van der Waals surface area (Å²) >= 11 is 5.95. The topological polar surface area (TPSA) is 16.1 Å². The second-order valence-corrected chi connectivity index (χ2v) is 4.44. The summed E-state index contributed by atoms with van der Waals surface area (Å²) in [4.78, 5) is 6.62. The third kappa shape index (κ3) is 2.88. The average molecular weight is 241 g/mol. The van der Waals surface area contributed by atoms with E-state index in [4.69, 9.17) is 11.6 Å². The molecule has 0 N–H and O–H groups in total. The molecule has 2 nitrogen and oxygen atoms in total. The zero-order chi connectivity index (χ0) is 12.1. The summed E-state index contributed by atoms with van der Waals surface area (Å²) in [6.07, 6.45) is 4.18. The fourth-order valence-corrected chi connectivity index (χ4v) is 2.24. The number of hydrogen-bond donors (Lipinski definition) is 0. The Morgan fingerprint density at radius 1 is 1.38 bits per heavy atom. The number of halogens is 1. The van der Waals surface area contributed by atoms with Crippen molar-refractivity contribution < 1.29 is 0 Å². The number of nitrogens with zero attached hydrogens (tertiary/aromatic N) is 2. The maximum absolute atomic E-state index is 5.95. The quantitative estimate of drug-likeness (QED) is 0.729. The van der Waals surface area contributed by atoms with Crippen LogP contribution in [0.1, 0.15) is 37.9 Å². The zero-order valence-electron chi connectivity index (χ0n) is 10.6. The lowest BCUT2D eigenvalue weighted by molar-refractivity contribution is 0.590. The highest BCUT2D eigenvalue weighted by molar-refractivity contribution is 6.17. The second-order valence-electron chi connectivity index (χ2n) is 4.17. The SMILES string of the molecule is CCC(CC)N(C)c1cc(C)ncc1CCl. The molecule has 1 rings (SSSR count). The first-order chi connectivity index (χ1) is 7.63. The van der Waals surface area contributed by atoms with E-state index in [1.54, 1.807) is 0 Å². The van der Waals surface area contributed by atoms with Crippen molar-refractivity contribution in [1.82, 2.24) is 4.98 Å². The van der Waals surface area contributed by atoms with Crippen LogP contribution in [-0.2, 0) is 5.88 Å². The molecule has 16 heavy (non-hydrogen) atoms. The van der Waals surface area contributed by atoms with E-state index in [-0.39, 0.29) is 0 Å². The summed E-state index contributed by atoms with van der Waals surface area (Å²) in [5, 5.41) is 0. The van der Waals surface area contributed by atoms with Crippen molar-refractivity contribution >= 4 is 17.3 Å². The molecule has 3 heteroatoms. The number of rotatable bonds is 5. The van der Waals surface area contributed by atoms with E-state index in [0.717, 1.165) is 24.1 Å². The van der Waals surface area contributed by atoms with Gasteiger partial charge in [-0.25, -0.2) is 0 Å². The minimum atomic E-state index is 0.521. The van der Waals surface area contributed by atoms with E-state index >= 15 is 0 Å². The molecule has 1 heterocycles. The largest absolute Gasteiger partial charge is 0.371 e. The van der Waals surface area contributed by atoms with Crippen LogP contribution in [0.2, 0.25) is 0 Å². The highest BCUT2D eigenvalue weighted by Gasteiger charge is 2.14. The standard InChI is InChI=1S/C13H21ClN2/c1-5-12(6-2)16(4)13-7-10(3)15-9-11(13)8-14/h7,9,12H,5-6,8H2,1-4H3. The first kappa shape index (κ1) is 13.3. The van der Waals surface area contributed by atoms with Crippen molar-refractivity contribution in [2.45, 2.75) is 45.5 Å². The van der Waals surface area contributed by atoms with Crippen LogP contribution in [-0.4, -0.2) is 18.1 Å². The summed E-state index contributed by atoms with van der Waals surface area (Å²) in [5.74, 6) is 0.521. The highest BCUT2D eigenvalue weighted by atomic mass is 35.5. The third-order valence-corrected chi connectivity index (χ3v) is 3.40. The fraction of sp³-hybridized carbons (Fsp3) is 0.615. The lowest BCUT2D eigenvalue weighted by Gasteiger charge is -2.30. The van der Waals surface area contributed by atoms with Gasteiger partial charge in [0.25, 0.3) is 0 Å². The molecule has 0 bridgehead atoms. The molecule has 0 saturated heterocycles. The average Bonchev–Trinajstić information content (AvgIpc) is 2.30. The van der Waals surface area contributed by atoms with Gasteiger partial charge in [-0.2, -0.15) is 0 Å². The number of aryl methyl sites for hydroxylation is 1. The zero-order valence-corrected chi connectivity index (χ0v) is 11.4.